The van der Waals surface area contributed by atoms with Gasteiger partial charge in [0.2, 0.25) is 0 Å². The average Bonchev–Trinajstić information content (AvgIpc) is 2.56. The Morgan fingerprint density at radius 1 is 1.14 bits per heavy atom. The molecule has 0 aliphatic heterocycles. The van der Waals surface area contributed by atoms with E-state index in [4.69, 9.17) is 5.11 Å². The molecular weight excluding hydrogens is 176 g/mol. The van der Waals surface area contributed by atoms with Crippen LogP contribution in [0, 0.1) is 5.92 Å². The smallest absolute Gasteiger partial charge is 0.115 e. The van der Waals surface area contributed by atoms with Gasteiger partial charge in [-0.1, -0.05) is 18.6 Å². The van der Waals surface area contributed by atoms with Crippen LogP contribution in [0.5, 0.6) is 5.75 Å². The summed E-state index contributed by atoms with van der Waals surface area (Å²) in [4.78, 5) is 0. The molecule has 0 aromatic heterocycles. The molecule has 0 radical (unpaired) electrons. The van der Waals surface area contributed by atoms with Crippen molar-refractivity contribution in [1.82, 2.24) is 0 Å². The van der Waals surface area contributed by atoms with Crippen molar-refractivity contribution in [2.24, 2.45) is 5.92 Å². The van der Waals surface area contributed by atoms with E-state index in [2.05, 4.69) is 0 Å². The molecule has 2 rings (SSSR count). The summed E-state index contributed by atoms with van der Waals surface area (Å²) in [7, 11) is 0. The van der Waals surface area contributed by atoms with E-state index in [1.807, 2.05) is 12.1 Å². The van der Waals surface area contributed by atoms with Crippen LogP contribution in [0.15, 0.2) is 24.3 Å². The van der Waals surface area contributed by atoms with Crippen molar-refractivity contribution in [2.75, 3.05) is 0 Å². The molecule has 1 aromatic carbocycles. The Hall–Kier alpha value is -1.02. The molecule has 1 aliphatic rings. The second-order valence-corrected chi connectivity index (χ2v) is 4.13. The standard InChI is InChI=1S/C12H16O2/c13-11-6-4-9(5-7-11)8-10-2-1-3-12(10)14/h4-7,10,12-14H,1-3,8H2/t10-,12-/m1/s1. The van der Waals surface area contributed by atoms with Crippen LogP contribution in [0.4, 0.5) is 0 Å². The summed E-state index contributed by atoms with van der Waals surface area (Å²) in [6.07, 6.45) is 4.03. The molecule has 14 heavy (non-hydrogen) atoms. The normalized spacial score (nSPS) is 26.6. The maximum absolute atomic E-state index is 9.66. The van der Waals surface area contributed by atoms with Crippen LogP contribution >= 0.6 is 0 Å². The molecule has 0 bridgehead atoms. The van der Waals surface area contributed by atoms with Gasteiger partial charge in [0.15, 0.2) is 0 Å². The van der Waals surface area contributed by atoms with E-state index in [1.54, 1.807) is 12.1 Å². The number of phenolic OH excluding ortho intramolecular Hbond substituents is 1. The van der Waals surface area contributed by atoms with Crippen molar-refractivity contribution >= 4 is 0 Å². The van der Waals surface area contributed by atoms with E-state index in [0.717, 1.165) is 25.7 Å². The lowest BCUT2D eigenvalue weighted by atomic mass is 9.96. The highest BCUT2D eigenvalue weighted by molar-refractivity contribution is 5.26. The van der Waals surface area contributed by atoms with Crippen LogP contribution in [0.3, 0.4) is 0 Å². The summed E-state index contributed by atoms with van der Waals surface area (Å²) in [5.41, 5.74) is 1.20. The van der Waals surface area contributed by atoms with Crippen LogP contribution in [-0.4, -0.2) is 16.3 Å². The van der Waals surface area contributed by atoms with Crippen LogP contribution in [0.1, 0.15) is 24.8 Å². The molecule has 1 aromatic rings. The lowest BCUT2D eigenvalue weighted by Gasteiger charge is -2.13. The molecule has 2 nitrogen and oxygen atoms in total. The van der Waals surface area contributed by atoms with Gasteiger partial charge in [0.25, 0.3) is 0 Å². The molecule has 0 spiro atoms. The van der Waals surface area contributed by atoms with E-state index >= 15 is 0 Å². The molecule has 1 aliphatic carbocycles. The fourth-order valence-electron chi connectivity index (χ4n) is 2.19. The quantitative estimate of drug-likeness (QED) is 0.753. The van der Waals surface area contributed by atoms with Gasteiger partial charge in [-0.2, -0.15) is 0 Å². The molecule has 76 valence electrons. The van der Waals surface area contributed by atoms with Gasteiger partial charge in [-0.3, -0.25) is 0 Å². The van der Waals surface area contributed by atoms with Gasteiger partial charge in [-0.25, -0.2) is 0 Å². The highest BCUT2D eigenvalue weighted by Gasteiger charge is 2.24. The molecule has 0 amide bonds. The fourth-order valence-corrected chi connectivity index (χ4v) is 2.19. The van der Waals surface area contributed by atoms with Crippen molar-refractivity contribution in [2.45, 2.75) is 31.8 Å². The highest BCUT2D eigenvalue weighted by atomic mass is 16.3. The van der Waals surface area contributed by atoms with Gasteiger partial charge in [0.1, 0.15) is 5.75 Å². The minimum Gasteiger partial charge on any atom is -0.508 e. The third-order valence-corrected chi connectivity index (χ3v) is 3.05. The van der Waals surface area contributed by atoms with Crippen LogP contribution in [0.25, 0.3) is 0 Å². The largest absolute Gasteiger partial charge is 0.508 e. The first-order valence-corrected chi connectivity index (χ1v) is 5.21. The zero-order chi connectivity index (χ0) is 9.97. The van der Waals surface area contributed by atoms with Gasteiger partial charge in [-0.05, 0) is 42.9 Å². The second kappa shape index (κ2) is 4.01. The van der Waals surface area contributed by atoms with Crippen LogP contribution in [0.2, 0.25) is 0 Å². The first kappa shape index (κ1) is 9.53. The lowest BCUT2D eigenvalue weighted by Crippen LogP contribution is -2.15. The number of hydrogen-bond acceptors (Lipinski definition) is 2. The number of aliphatic hydroxyl groups is 1. The van der Waals surface area contributed by atoms with Gasteiger partial charge in [0.05, 0.1) is 6.10 Å². The summed E-state index contributed by atoms with van der Waals surface area (Å²) in [5, 5.41) is 18.8. The number of aliphatic hydroxyl groups excluding tert-OH is 1. The van der Waals surface area contributed by atoms with Gasteiger partial charge >= 0.3 is 0 Å². The molecule has 0 unspecified atom stereocenters. The number of phenols is 1. The predicted octanol–water partition coefficient (Wildman–Crippen LogP) is 2.10. The zero-order valence-electron chi connectivity index (χ0n) is 8.19. The van der Waals surface area contributed by atoms with E-state index in [-0.39, 0.29) is 6.10 Å². The van der Waals surface area contributed by atoms with E-state index in [9.17, 15) is 5.11 Å². The molecule has 2 N–H and O–H groups in total. The Kier molecular flexibility index (Phi) is 2.73. The molecule has 2 heteroatoms. The van der Waals surface area contributed by atoms with Crippen molar-refractivity contribution in [3.05, 3.63) is 29.8 Å². The van der Waals surface area contributed by atoms with Crippen LogP contribution < -0.4 is 0 Å². The van der Waals surface area contributed by atoms with Gasteiger partial charge in [0, 0.05) is 0 Å². The van der Waals surface area contributed by atoms with E-state index < -0.39 is 0 Å². The Morgan fingerprint density at radius 3 is 2.43 bits per heavy atom. The predicted molar refractivity (Wildman–Crippen MR) is 55.2 cm³/mol. The zero-order valence-corrected chi connectivity index (χ0v) is 8.19. The van der Waals surface area contributed by atoms with Crippen molar-refractivity contribution in [1.29, 1.82) is 0 Å². The fraction of sp³-hybridized carbons (Fsp3) is 0.500. The molecule has 1 saturated carbocycles. The Labute approximate surface area is 84.2 Å². The van der Waals surface area contributed by atoms with E-state index in [1.165, 1.54) is 5.56 Å². The molecule has 1 fully saturated rings. The number of rotatable bonds is 2. The summed E-state index contributed by atoms with van der Waals surface area (Å²) in [5.74, 6) is 0.722. The number of hydrogen-bond donors (Lipinski definition) is 2. The minimum atomic E-state index is -0.121. The Morgan fingerprint density at radius 2 is 1.86 bits per heavy atom. The summed E-state index contributed by atoms with van der Waals surface area (Å²) >= 11 is 0. The maximum Gasteiger partial charge on any atom is 0.115 e. The monoisotopic (exact) mass is 192 g/mol. The average molecular weight is 192 g/mol. The van der Waals surface area contributed by atoms with Crippen molar-refractivity contribution in [3.8, 4) is 5.75 Å². The molecule has 2 atom stereocenters. The SMILES string of the molecule is Oc1ccc(C[C@H]2CCC[C@H]2O)cc1. The van der Waals surface area contributed by atoms with Gasteiger partial charge < -0.3 is 10.2 Å². The molecule has 0 heterocycles. The number of benzene rings is 1. The summed E-state index contributed by atoms with van der Waals surface area (Å²) < 4.78 is 0. The summed E-state index contributed by atoms with van der Waals surface area (Å²) in [6.45, 7) is 0. The summed E-state index contributed by atoms with van der Waals surface area (Å²) in [6, 6.07) is 7.27. The topological polar surface area (TPSA) is 40.5 Å². The Balaban J connectivity index is 2.00. The minimum absolute atomic E-state index is 0.121. The third-order valence-electron chi connectivity index (χ3n) is 3.05. The van der Waals surface area contributed by atoms with Crippen molar-refractivity contribution in [3.63, 3.8) is 0 Å². The highest BCUT2D eigenvalue weighted by Crippen LogP contribution is 2.28. The maximum atomic E-state index is 9.66. The third kappa shape index (κ3) is 2.07. The van der Waals surface area contributed by atoms with Crippen LogP contribution in [-0.2, 0) is 6.42 Å². The Bertz CT molecular complexity index is 292. The van der Waals surface area contributed by atoms with Gasteiger partial charge in [-0.15, -0.1) is 0 Å². The lowest BCUT2D eigenvalue weighted by molar-refractivity contribution is 0.132. The first-order valence-electron chi connectivity index (χ1n) is 5.21. The molecular formula is C12H16O2. The van der Waals surface area contributed by atoms with Crippen molar-refractivity contribution < 1.29 is 10.2 Å². The second-order valence-electron chi connectivity index (χ2n) is 4.13. The number of aromatic hydroxyl groups is 1. The van der Waals surface area contributed by atoms with E-state index in [0.29, 0.717) is 11.7 Å². The first-order chi connectivity index (χ1) is 6.75. The molecule has 0 saturated heterocycles.